The second-order valence-electron chi connectivity index (χ2n) is 13.4. The Hall–Kier alpha value is -7.24. The number of fused-ring (bicyclic) bond motifs is 4. The van der Waals surface area contributed by atoms with E-state index < -0.39 is 6.85 Å². The van der Waals surface area contributed by atoms with Gasteiger partial charge in [0.05, 0.1) is 28.0 Å². The summed E-state index contributed by atoms with van der Waals surface area (Å²) in [5.74, 6) is 0.575. The van der Waals surface area contributed by atoms with E-state index >= 15 is 0 Å². The quantitative estimate of drug-likeness (QED) is 0.188. The third-order valence-corrected chi connectivity index (χ3v) is 10.1. The number of nitrogens with zero attached hydrogens (tertiary/aromatic N) is 3. The molecular formula is C49H33N3O2. The summed E-state index contributed by atoms with van der Waals surface area (Å²) in [6, 6.07) is 54.9. The Labute approximate surface area is 316 Å². The molecule has 5 heteroatoms. The number of furan rings is 1. The molecule has 1 N–H and O–H groups in total. The van der Waals surface area contributed by atoms with Gasteiger partial charge in [-0.1, -0.05) is 115 Å². The SMILES string of the molecule is [2H]C([2H])([2H])c1ccc(-n2c(-c3ccccc3O)nc3c(-c4cc(-c5cc(-c6ccccc6)ccn5)cc5c4oc4ccccc45)cccc32)c(-c2ccccc2)c1. The zero-order valence-electron chi connectivity index (χ0n) is 31.9. The number of rotatable bonds is 6. The molecule has 5 nitrogen and oxygen atoms in total. The molecule has 0 radical (unpaired) electrons. The maximum Gasteiger partial charge on any atom is 0.149 e. The van der Waals surface area contributed by atoms with E-state index in [-0.39, 0.29) is 11.3 Å². The lowest BCUT2D eigenvalue weighted by Gasteiger charge is -2.16. The van der Waals surface area contributed by atoms with Crippen LogP contribution in [0.1, 0.15) is 9.68 Å². The standard InChI is InChI=1S/C49H33N3O2/c1-31-23-24-43(39(27-31)33-15-6-3-7-16-33)52-44-20-12-19-37(47(44)51-49(52)38-18-8-10-21-45(38)53)41-29-35(28-40-36-17-9-11-22-46(36)54-48(40)41)42-30-34(25-26-50-42)32-13-4-2-5-14-32/h2-30,53H,1H3/i1D3. The molecule has 10 rings (SSSR count). The van der Waals surface area contributed by atoms with Gasteiger partial charge < -0.3 is 9.52 Å². The maximum atomic E-state index is 11.3. The van der Waals surface area contributed by atoms with Crippen molar-refractivity contribution in [3.05, 3.63) is 182 Å². The molecular weight excluding hydrogens is 663 g/mol. The summed E-state index contributed by atoms with van der Waals surface area (Å²) in [6.45, 7) is -2.31. The van der Waals surface area contributed by atoms with Crippen molar-refractivity contribution in [1.29, 1.82) is 0 Å². The smallest absolute Gasteiger partial charge is 0.149 e. The Bertz CT molecular complexity index is 3130. The van der Waals surface area contributed by atoms with Crippen LogP contribution in [0.15, 0.2) is 180 Å². The zero-order valence-corrected chi connectivity index (χ0v) is 28.9. The fraction of sp³-hybridized carbons (Fsp3) is 0.0204. The molecule has 0 spiro atoms. The van der Waals surface area contributed by atoms with Gasteiger partial charge in [-0.05, 0) is 84.2 Å². The largest absolute Gasteiger partial charge is 0.507 e. The van der Waals surface area contributed by atoms with Gasteiger partial charge in [0.15, 0.2) is 0 Å². The van der Waals surface area contributed by atoms with Crippen LogP contribution < -0.4 is 0 Å². The highest BCUT2D eigenvalue weighted by Gasteiger charge is 2.24. The highest BCUT2D eigenvalue weighted by Crippen LogP contribution is 2.44. The molecule has 3 aromatic heterocycles. The number of aromatic hydroxyl groups is 1. The molecule has 0 saturated heterocycles. The second kappa shape index (κ2) is 12.8. The lowest BCUT2D eigenvalue weighted by atomic mass is 9.95. The molecule has 0 fully saturated rings. The molecule has 3 heterocycles. The van der Waals surface area contributed by atoms with Crippen molar-refractivity contribution in [1.82, 2.24) is 14.5 Å². The molecule has 0 atom stereocenters. The van der Waals surface area contributed by atoms with E-state index in [2.05, 4.69) is 36.4 Å². The van der Waals surface area contributed by atoms with E-state index in [1.807, 2.05) is 120 Å². The first-order valence-electron chi connectivity index (χ1n) is 19.3. The van der Waals surface area contributed by atoms with Gasteiger partial charge in [-0.15, -0.1) is 0 Å². The van der Waals surface area contributed by atoms with E-state index in [0.29, 0.717) is 16.9 Å². The Morgan fingerprint density at radius 1 is 0.574 bits per heavy atom. The van der Waals surface area contributed by atoms with Gasteiger partial charge in [-0.3, -0.25) is 9.55 Å². The summed E-state index contributed by atoms with van der Waals surface area (Å²) in [5, 5.41) is 13.3. The van der Waals surface area contributed by atoms with E-state index in [0.717, 1.165) is 77.8 Å². The molecule has 256 valence electrons. The van der Waals surface area contributed by atoms with Crippen LogP contribution in [0.2, 0.25) is 0 Å². The van der Waals surface area contributed by atoms with E-state index in [4.69, 9.17) is 18.5 Å². The van der Waals surface area contributed by atoms with Gasteiger partial charge in [-0.2, -0.15) is 0 Å². The van der Waals surface area contributed by atoms with Gasteiger partial charge in [0.25, 0.3) is 0 Å². The fourth-order valence-electron chi connectivity index (χ4n) is 7.56. The minimum atomic E-state index is -2.31. The molecule has 0 aliphatic carbocycles. The minimum absolute atomic E-state index is 0.0713. The van der Waals surface area contributed by atoms with E-state index in [9.17, 15) is 5.11 Å². The van der Waals surface area contributed by atoms with Crippen molar-refractivity contribution in [3.8, 4) is 67.5 Å². The van der Waals surface area contributed by atoms with Crippen LogP contribution in [0, 0.1) is 6.85 Å². The summed E-state index contributed by atoms with van der Waals surface area (Å²) >= 11 is 0. The predicted molar refractivity (Wildman–Crippen MR) is 220 cm³/mol. The minimum Gasteiger partial charge on any atom is -0.507 e. The Morgan fingerprint density at radius 2 is 1.33 bits per heavy atom. The zero-order chi connectivity index (χ0) is 38.7. The summed E-state index contributed by atoms with van der Waals surface area (Å²) in [7, 11) is 0. The second-order valence-corrected chi connectivity index (χ2v) is 13.4. The molecule has 0 unspecified atom stereocenters. The first kappa shape index (κ1) is 28.4. The maximum absolute atomic E-state index is 11.3. The third-order valence-electron chi connectivity index (χ3n) is 10.1. The van der Waals surface area contributed by atoms with Crippen LogP contribution in [-0.4, -0.2) is 19.6 Å². The van der Waals surface area contributed by atoms with Crippen LogP contribution in [0.3, 0.4) is 0 Å². The average Bonchev–Trinajstić information content (AvgIpc) is 3.83. The monoisotopic (exact) mass is 698 g/mol. The molecule has 10 aromatic rings. The topological polar surface area (TPSA) is 64.1 Å². The summed E-state index contributed by atoms with van der Waals surface area (Å²) in [4.78, 5) is 10.2. The van der Waals surface area contributed by atoms with Crippen LogP contribution in [0.4, 0.5) is 0 Å². The van der Waals surface area contributed by atoms with Crippen molar-refractivity contribution in [2.24, 2.45) is 0 Å². The van der Waals surface area contributed by atoms with Crippen molar-refractivity contribution in [2.75, 3.05) is 0 Å². The van der Waals surface area contributed by atoms with Gasteiger partial charge >= 0.3 is 0 Å². The number of hydrogen-bond donors (Lipinski definition) is 1. The number of aryl methyl sites for hydroxylation is 1. The molecule has 0 bridgehead atoms. The van der Waals surface area contributed by atoms with Gasteiger partial charge in [0.1, 0.15) is 22.7 Å². The van der Waals surface area contributed by atoms with Crippen LogP contribution >= 0.6 is 0 Å². The summed E-state index contributed by atoms with van der Waals surface area (Å²) in [6.07, 6.45) is 1.85. The highest BCUT2D eigenvalue weighted by atomic mass is 16.3. The predicted octanol–water partition coefficient (Wildman–Crippen LogP) is 12.7. The van der Waals surface area contributed by atoms with Crippen LogP contribution in [0.5, 0.6) is 5.75 Å². The fourth-order valence-corrected chi connectivity index (χ4v) is 7.56. The summed E-state index contributed by atoms with van der Waals surface area (Å²) < 4.78 is 33.4. The normalized spacial score (nSPS) is 12.6. The molecule has 0 saturated carbocycles. The third kappa shape index (κ3) is 5.25. The molecule has 0 aliphatic heterocycles. The van der Waals surface area contributed by atoms with Crippen LogP contribution in [0.25, 0.3) is 94.7 Å². The van der Waals surface area contributed by atoms with Crippen molar-refractivity contribution < 1.29 is 13.6 Å². The van der Waals surface area contributed by atoms with Gasteiger partial charge in [-0.25, -0.2) is 4.98 Å². The lowest BCUT2D eigenvalue weighted by Crippen LogP contribution is -2.01. The number of pyridine rings is 1. The lowest BCUT2D eigenvalue weighted by molar-refractivity contribution is 0.477. The van der Waals surface area contributed by atoms with Crippen LogP contribution in [-0.2, 0) is 0 Å². The van der Waals surface area contributed by atoms with Crippen molar-refractivity contribution in [3.63, 3.8) is 0 Å². The number of imidazole rings is 1. The molecule has 0 amide bonds. The number of phenols is 1. The van der Waals surface area contributed by atoms with Gasteiger partial charge in [0, 0.05) is 43.3 Å². The molecule has 54 heavy (non-hydrogen) atoms. The number of para-hydroxylation sites is 3. The van der Waals surface area contributed by atoms with Gasteiger partial charge in [0.2, 0.25) is 0 Å². The molecule has 0 aliphatic rings. The first-order chi connectivity index (χ1) is 27.8. The van der Waals surface area contributed by atoms with E-state index in [1.165, 1.54) is 0 Å². The number of benzene rings is 7. The highest BCUT2D eigenvalue weighted by molar-refractivity contribution is 6.13. The van der Waals surface area contributed by atoms with Crippen molar-refractivity contribution >= 4 is 33.0 Å². The Balaban J connectivity index is 1.27. The average molecular weight is 699 g/mol. The Morgan fingerprint density at radius 3 is 2.17 bits per heavy atom. The molecule has 7 aromatic carbocycles. The number of phenolic OH excluding ortho intramolecular Hbond substituents is 1. The van der Waals surface area contributed by atoms with Crippen molar-refractivity contribution in [2.45, 2.75) is 6.85 Å². The van der Waals surface area contributed by atoms with E-state index in [1.54, 1.807) is 24.3 Å². The first-order valence-corrected chi connectivity index (χ1v) is 17.8. The number of hydrogen-bond acceptors (Lipinski definition) is 4. The Kier molecular flexibility index (Phi) is 6.70. The summed E-state index contributed by atoms with van der Waals surface area (Å²) in [5.41, 5.74) is 11.6. The number of aromatic nitrogens is 3.